The highest BCUT2D eigenvalue weighted by Crippen LogP contribution is 2.23. The summed E-state index contributed by atoms with van der Waals surface area (Å²) in [6, 6.07) is 10.6. The molecule has 0 unspecified atom stereocenters. The second-order valence-corrected chi connectivity index (χ2v) is 3.62. The first kappa shape index (κ1) is 11.8. The number of nitrogens with one attached hydrogen (secondary N) is 1. The van der Waals surface area contributed by atoms with E-state index in [4.69, 9.17) is 0 Å². The van der Waals surface area contributed by atoms with E-state index in [1.54, 1.807) is 11.3 Å². The van der Waals surface area contributed by atoms with Gasteiger partial charge in [0.1, 0.15) is 0 Å². The Morgan fingerprint density at radius 2 is 1.60 bits per heavy atom. The molecule has 0 atom stereocenters. The largest absolute Gasteiger partial charge is 0.388 e. The van der Waals surface area contributed by atoms with Gasteiger partial charge < -0.3 is 5.32 Å². The Labute approximate surface area is 95.8 Å². The van der Waals surface area contributed by atoms with Gasteiger partial charge in [-0.2, -0.15) is 11.3 Å². The van der Waals surface area contributed by atoms with Crippen LogP contribution < -0.4 is 5.32 Å². The van der Waals surface area contributed by atoms with Gasteiger partial charge in [-0.3, -0.25) is 0 Å². The fraction of sp³-hybridized carbons (Fsp3) is 0.231. The Hall–Kier alpha value is -1.28. The molecule has 80 valence electrons. The average Bonchev–Trinajstić information content (AvgIpc) is 2.85. The minimum Gasteiger partial charge on any atom is -0.388 e. The Bertz CT molecular complexity index is 362. The summed E-state index contributed by atoms with van der Waals surface area (Å²) in [6.45, 7) is 4.00. The monoisotopic (exact) mass is 219 g/mol. The van der Waals surface area contributed by atoms with E-state index in [-0.39, 0.29) is 0 Å². The van der Waals surface area contributed by atoms with Crippen LogP contribution >= 0.6 is 11.3 Å². The summed E-state index contributed by atoms with van der Waals surface area (Å²) in [6.07, 6.45) is 0. The fourth-order valence-corrected chi connectivity index (χ4v) is 1.92. The van der Waals surface area contributed by atoms with Crippen LogP contribution in [0.4, 0.5) is 5.69 Å². The normalized spacial score (nSPS) is 9.00. The maximum Gasteiger partial charge on any atom is 0.0337 e. The molecule has 1 heterocycles. The SMILES string of the molecule is CC.CNc1ccc(-c2ccsc2)cc1. The zero-order valence-electron chi connectivity index (χ0n) is 9.45. The lowest BCUT2D eigenvalue weighted by molar-refractivity contribution is 1.50. The zero-order chi connectivity index (χ0) is 11.1. The van der Waals surface area contributed by atoms with E-state index in [9.17, 15) is 0 Å². The van der Waals surface area contributed by atoms with Crippen molar-refractivity contribution >= 4 is 17.0 Å². The Balaban J connectivity index is 0.000000531. The molecule has 0 amide bonds. The third kappa shape index (κ3) is 3.10. The molecule has 1 nitrogen and oxygen atoms in total. The minimum atomic E-state index is 1.15. The third-order valence-corrected chi connectivity index (χ3v) is 2.71. The number of benzene rings is 1. The van der Waals surface area contributed by atoms with Crippen LogP contribution in [-0.4, -0.2) is 7.05 Å². The molecule has 2 heteroatoms. The summed E-state index contributed by atoms with van der Waals surface area (Å²) in [5, 5.41) is 7.36. The van der Waals surface area contributed by atoms with Crippen LogP contribution in [0.2, 0.25) is 0 Å². The fourth-order valence-electron chi connectivity index (χ4n) is 1.26. The second kappa shape index (κ2) is 6.25. The summed E-state index contributed by atoms with van der Waals surface area (Å²) in [5.74, 6) is 0. The molecule has 2 rings (SSSR count). The Morgan fingerprint density at radius 3 is 2.07 bits per heavy atom. The van der Waals surface area contributed by atoms with Crippen molar-refractivity contribution in [2.24, 2.45) is 0 Å². The molecule has 0 spiro atoms. The summed E-state index contributed by atoms with van der Waals surface area (Å²) in [5.41, 5.74) is 3.73. The van der Waals surface area contributed by atoms with Crippen LogP contribution in [0.15, 0.2) is 41.1 Å². The van der Waals surface area contributed by atoms with Crippen LogP contribution in [0.5, 0.6) is 0 Å². The molecule has 1 aromatic heterocycles. The highest BCUT2D eigenvalue weighted by molar-refractivity contribution is 7.08. The summed E-state index contributed by atoms with van der Waals surface area (Å²) in [4.78, 5) is 0. The van der Waals surface area contributed by atoms with Crippen molar-refractivity contribution in [2.75, 3.05) is 12.4 Å². The van der Waals surface area contributed by atoms with Crippen molar-refractivity contribution in [3.63, 3.8) is 0 Å². The lowest BCUT2D eigenvalue weighted by atomic mass is 10.1. The van der Waals surface area contributed by atoms with Gasteiger partial charge in [0.15, 0.2) is 0 Å². The van der Waals surface area contributed by atoms with Crippen molar-refractivity contribution in [1.82, 2.24) is 0 Å². The van der Waals surface area contributed by atoms with E-state index in [0.29, 0.717) is 0 Å². The van der Waals surface area contributed by atoms with Crippen LogP contribution in [-0.2, 0) is 0 Å². The third-order valence-electron chi connectivity index (χ3n) is 2.03. The number of hydrogen-bond acceptors (Lipinski definition) is 2. The van der Waals surface area contributed by atoms with E-state index >= 15 is 0 Å². The second-order valence-electron chi connectivity index (χ2n) is 2.84. The quantitative estimate of drug-likeness (QED) is 0.785. The molecule has 2 aromatic rings. The minimum absolute atomic E-state index is 1.15. The molecule has 0 saturated heterocycles. The molecule has 0 aliphatic heterocycles. The van der Waals surface area contributed by atoms with Gasteiger partial charge in [0.2, 0.25) is 0 Å². The van der Waals surface area contributed by atoms with Crippen molar-refractivity contribution in [2.45, 2.75) is 13.8 Å². The van der Waals surface area contributed by atoms with E-state index in [1.807, 2.05) is 20.9 Å². The zero-order valence-corrected chi connectivity index (χ0v) is 10.3. The first-order valence-corrected chi connectivity index (χ1v) is 6.15. The van der Waals surface area contributed by atoms with Crippen LogP contribution in [0.1, 0.15) is 13.8 Å². The van der Waals surface area contributed by atoms with Gasteiger partial charge >= 0.3 is 0 Å². The summed E-state index contributed by atoms with van der Waals surface area (Å²) < 4.78 is 0. The molecule has 0 radical (unpaired) electrons. The maximum atomic E-state index is 3.10. The topological polar surface area (TPSA) is 12.0 Å². The summed E-state index contributed by atoms with van der Waals surface area (Å²) in [7, 11) is 1.93. The van der Waals surface area contributed by atoms with E-state index in [2.05, 4.69) is 46.4 Å². The maximum absolute atomic E-state index is 3.10. The first-order valence-electron chi connectivity index (χ1n) is 5.20. The van der Waals surface area contributed by atoms with Gasteiger partial charge in [0.25, 0.3) is 0 Å². The first-order chi connectivity index (χ1) is 7.40. The van der Waals surface area contributed by atoms with Crippen LogP contribution in [0, 0.1) is 0 Å². The smallest absolute Gasteiger partial charge is 0.0337 e. The average molecular weight is 219 g/mol. The number of thiophene rings is 1. The highest BCUT2D eigenvalue weighted by atomic mass is 32.1. The molecule has 15 heavy (non-hydrogen) atoms. The van der Waals surface area contributed by atoms with Gasteiger partial charge in [-0.1, -0.05) is 26.0 Å². The highest BCUT2D eigenvalue weighted by Gasteiger charge is 1.96. The van der Waals surface area contributed by atoms with Gasteiger partial charge in [-0.05, 0) is 40.1 Å². The van der Waals surface area contributed by atoms with Gasteiger partial charge in [-0.25, -0.2) is 0 Å². The van der Waals surface area contributed by atoms with E-state index in [0.717, 1.165) is 5.69 Å². The molecule has 0 aliphatic carbocycles. The molecule has 0 bridgehead atoms. The van der Waals surface area contributed by atoms with E-state index < -0.39 is 0 Å². The number of rotatable bonds is 2. The summed E-state index contributed by atoms with van der Waals surface area (Å²) >= 11 is 1.73. The predicted octanol–water partition coefficient (Wildman–Crippen LogP) is 4.48. The number of anilines is 1. The molecule has 1 N–H and O–H groups in total. The van der Waals surface area contributed by atoms with Gasteiger partial charge in [0, 0.05) is 12.7 Å². The van der Waals surface area contributed by atoms with Gasteiger partial charge in [-0.15, -0.1) is 0 Å². The van der Waals surface area contributed by atoms with Crippen LogP contribution in [0.25, 0.3) is 11.1 Å². The molecule has 1 aromatic carbocycles. The molecule has 0 fully saturated rings. The van der Waals surface area contributed by atoms with Gasteiger partial charge in [0.05, 0.1) is 0 Å². The van der Waals surface area contributed by atoms with Crippen molar-refractivity contribution < 1.29 is 0 Å². The lowest BCUT2D eigenvalue weighted by Gasteiger charge is -2.01. The Kier molecular flexibility index (Phi) is 4.91. The molecule has 0 saturated carbocycles. The lowest BCUT2D eigenvalue weighted by Crippen LogP contribution is -1.86. The van der Waals surface area contributed by atoms with Crippen molar-refractivity contribution in [3.8, 4) is 11.1 Å². The number of hydrogen-bond donors (Lipinski definition) is 1. The molecule has 0 aliphatic rings. The van der Waals surface area contributed by atoms with Crippen molar-refractivity contribution in [3.05, 3.63) is 41.1 Å². The molecular weight excluding hydrogens is 202 g/mol. The Morgan fingerprint density at radius 1 is 0.933 bits per heavy atom. The molecular formula is C13H17NS. The van der Waals surface area contributed by atoms with E-state index in [1.165, 1.54) is 11.1 Å². The predicted molar refractivity (Wildman–Crippen MR) is 70.6 cm³/mol. The standard InChI is InChI=1S/C11H11NS.C2H6/c1-12-11-4-2-9(3-5-11)10-6-7-13-8-10;1-2/h2-8,12H,1H3;1-2H3. The van der Waals surface area contributed by atoms with Crippen molar-refractivity contribution in [1.29, 1.82) is 0 Å². The van der Waals surface area contributed by atoms with Crippen LogP contribution in [0.3, 0.4) is 0 Å².